The van der Waals surface area contributed by atoms with Gasteiger partial charge in [0.1, 0.15) is 4.88 Å². The van der Waals surface area contributed by atoms with E-state index in [2.05, 4.69) is 15.5 Å². The molecule has 5 rings (SSSR count). The number of aryl methyl sites for hydroxylation is 1. The van der Waals surface area contributed by atoms with Gasteiger partial charge in [0, 0.05) is 11.1 Å². The summed E-state index contributed by atoms with van der Waals surface area (Å²) in [5.74, 6) is 1.79. The Morgan fingerprint density at radius 3 is 2.90 bits per heavy atom. The molecule has 1 aliphatic heterocycles. The first-order chi connectivity index (χ1) is 14.2. The van der Waals surface area contributed by atoms with Gasteiger partial charge in [-0.25, -0.2) is 0 Å². The topological polar surface area (TPSA) is 86.5 Å². The number of hydrogen-bond donors (Lipinski definition) is 1. The third-order valence-corrected chi connectivity index (χ3v) is 5.35. The van der Waals surface area contributed by atoms with Gasteiger partial charge in [0.2, 0.25) is 12.6 Å². The van der Waals surface area contributed by atoms with Crippen LogP contribution in [-0.4, -0.2) is 22.8 Å². The average Bonchev–Trinajstić information content (AvgIpc) is 3.47. The minimum atomic E-state index is -0.263. The maximum atomic E-state index is 12.7. The van der Waals surface area contributed by atoms with Crippen LogP contribution in [0.25, 0.3) is 22.2 Å². The van der Waals surface area contributed by atoms with Crippen molar-refractivity contribution in [1.29, 1.82) is 0 Å². The first-order valence-electron chi connectivity index (χ1n) is 8.87. The van der Waals surface area contributed by atoms with Gasteiger partial charge in [0.25, 0.3) is 11.8 Å². The Labute approximate surface area is 169 Å². The highest BCUT2D eigenvalue weighted by Crippen LogP contribution is 2.35. The number of nitrogens with one attached hydrogen (secondary N) is 1. The van der Waals surface area contributed by atoms with Gasteiger partial charge >= 0.3 is 0 Å². The van der Waals surface area contributed by atoms with Crippen molar-refractivity contribution in [3.05, 3.63) is 65.0 Å². The van der Waals surface area contributed by atoms with Crippen molar-refractivity contribution in [2.24, 2.45) is 0 Å². The van der Waals surface area contributed by atoms with Crippen molar-refractivity contribution in [2.75, 3.05) is 12.1 Å². The summed E-state index contributed by atoms with van der Waals surface area (Å²) in [7, 11) is 0. The fraction of sp³-hybridized carbons (Fsp3) is 0.0952. The fourth-order valence-electron chi connectivity index (χ4n) is 3.02. The van der Waals surface area contributed by atoms with E-state index < -0.39 is 0 Å². The van der Waals surface area contributed by atoms with Gasteiger partial charge < -0.3 is 19.3 Å². The highest BCUT2D eigenvalue weighted by Gasteiger charge is 2.20. The Morgan fingerprint density at radius 2 is 2.00 bits per heavy atom. The third-order valence-electron chi connectivity index (χ3n) is 4.44. The lowest BCUT2D eigenvalue weighted by molar-refractivity contribution is 0.102. The summed E-state index contributed by atoms with van der Waals surface area (Å²) in [6, 6.07) is 14.8. The van der Waals surface area contributed by atoms with Crippen LogP contribution in [0.4, 0.5) is 5.69 Å². The standard InChI is InChI=1S/C21H15N3O4S/c1-12-3-2-4-13(9-12)19-23-21(28-24-19)18-15(7-8-29-18)22-20(25)14-5-6-16-17(10-14)27-11-26-16/h2-10H,11H2,1H3,(H,22,25). The molecule has 29 heavy (non-hydrogen) atoms. The van der Waals surface area contributed by atoms with Crippen molar-refractivity contribution >= 4 is 22.9 Å². The number of hydrogen-bond acceptors (Lipinski definition) is 7. The highest BCUT2D eigenvalue weighted by atomic mass is 32.1. The number of carbonyl (C=O) groups is 1. The average molecular weight is 405 g/mol. The third kappa shape index (κ3) is 3.34. The zero-order chi connectivity index (χ0) is 19.8. The predicted molar refractivity (Wildman–Crippen MR) is 108 cm³/mol. The second kappa shape index (κ2) is 7.06. The summed E-state index contributed by atoms with van der Waals surface area (Å²) in [5, 5.41) is 8.84. The van der Waals surface area contributed by atoms with Crippen LogP contribution in [0, 0.1) is 6.92 Å². The molecule has 0 saturated heterocycles. The van der Waals surface area contributed by atoms with E-state index in [0.717, 1.165) is 11.1 Å². The van der Waals surface area contributed by atoms with Gasteiger partial charge in [-0.1, -0.05) is 28.9 Å². The number of ether oxygens (including phenoxy) is 2. The molecule has 0 spiro atoms. The van der Waals surface area contributed by atoms with E-state index in [1.165, 1.54) is 11.3 Å². The molecule has 144 valence electrons. The Balaban J connectivity index is 1.39. The smallest absolute Gasteiger partial charge is 0.270 e. The molecule has 1 aliphatic rings. The highest BCUT2D eigenvalue weighted by molar-refractivity contribution is 7.14. The van der Waals surface area contributed by atoms with Crippen LogP contribution in [0.15, 0.2) is 58.4 Å². The molecule has 0 fully saturated rings. The number of aromatic nitrogens is 2. The number of benzene rings is 2. The molecule has 4 aromatic rings. The maximum Gasteiger partial charge on any atom is 0.270 e. The molecule has 1 amide bonds. The summed E-state index contributed by atoms with van der Waals surface area (Å²) in [4.78, 5) is 17.9. The van der Waals surface area contributed by atoms with Gasteiger partial charge in [0.15, 0.2) is 11.5 Å². The van der Waals surface area contributed by atoms with Gasteiger partial charge in [-0.05, 0) is 42.6 Å². The van der Waals surface area contributed by atoms with Crippen LogP contribution in [0.3, 0.4) is 0 Å². The van der Waals surface area contributed by atoms with E-state index in [1.54, 1.807) is 24.3 Å². The number of rotatable bonds is 4. The van der Waals surface area contributed by atoms with Crippen molar-refractivity contribution in [1.82, 2.24) is 10.1 Å². The monoisotopic (exact) mass is 405 g/mol. The van der Waals surface area contributed by atoms with Gasteiger partial charge in [-0.2, -0.15) is 4.98 Å². The molecule has 7 nitrogen and oxygen atoms in total. The largest absolute Gasteiger partial charge is 0.454 e. The molecular weight excluding hydrogens is 390 g/mol. The van der Waals surface area contributed by atoms with Crippen LogP contribution >= 0.6 is 11.3 Å². The summed E-state index contributed by atoms with van der Waals surface area (Å²) in [6.45, 7) is 2.17. The quantitative estimate of drug-likeness (QED) is 0.527. The molecular formula is C21H15N3O4S. The van der Waals surface area contributed by atoms with E-state index in [4.69, 9.17) is 14.0 Å². The lowest BCUT2D eigenvalue weighted by atomic mass is 10.1. The summed E-state index contributed by atoms with van der Waals surface area (Å²) in [5.41, 5.74) is 3.07. The van der Waals surface area contributed by atoms with E-state index in [1.807, 2.05) is 36.6 Å². The minimum Gasteiger partial charge on any atom is -0.454 e. The molecule has 0 unspecified atom stereocenters. The minimum absolute atomic E-state index is 0.162. The first kappa shape index (κ1) is 17.4. The van der Waals surface area contributed by atoms with E-state index in [-0.39, 0.29) is 12.7 Å². The molecule has 0 atom stereocenters. The zero-order valence-electron chi connectivity index (χ0n) is 15.3. The summed E-state index contributed by atoms with van der Waals surface area (Å²) >= 11 is 1.42. The molecule has 0 bridgehead atoms. The Kier molecular flexibility index (Phi) is 4.25. The molecule has 0 radical (unpaired) electrons. The van der Waals surface area contributed by atoms with Gasteiger partial charge in [-0.3, -0.25) is 4.79 Å². The lowest BCUT2D eigenvalue weighted by Crippen LogP contribution is -2.11. The molecule has 0 aliphatic carbocycles. The number of nitrogens with zero attached hydrogens (tertiary/aromatic N) is 2. The Morgan fingerprint density at radius 1 is 1.10 bits per heavy atom. The summed E-state index contributed by atoms with van der Waals surface area (Å²) < 4.78 is 16.1. The van der Waals surface area contributed by atoms with E-state index in [9.17, 15) is 4.79 Å². The van der Waals surface area contributed by atoms with Crippen LogP contribution in [0.2, 0.25) is 0 Å². The molecule has 2 aromatic carbocycles. The zero-order valence-corrected chi connectivity index (χ0v) is 16.2. The number of anilines is 1. The molecule has 3 heterocycles. The van der Waals surface area contributed by atoms with Crippen molar-refractivity contribution in [3.63, 3.8) is 0 Å². The maximum absolute atomic E-state index is 12.7. The van der Waals surface area contributed by atoms with Crippen LogP contribution in [-0.2, 0) is 0 Å². The van der Waals surface area contributed by atoms with E-state index >= 15 is 0 Å². The van der Waals surface area contributed by atoms with Gasteiger partial charge in [0.05, 0.1) is 5.69 Å². The van der Waals surface area contributed by atoms with Crippen molar-refractivity contribution < 1.29 is 18.8 Å². The summed E-state index contributed by atoms with van der Waals surface area (Å²) in [6.07, 6.45) is 0. The molecule has 2 aromatic heterocycles. The number of fused-ring (bicyclic) bond motifs is 1. The lowest BCUT2D eigenvalue weighted by Gasteiger charge is -2.05. The predicted octanol–water partition coefficient (Wildman–Crippen LogP) is 4.75. The fourth-order valence-corrected chi connectivity index (χ4v) is 3.79. The van der Waals surface area contributed by atoms with E-state index in [0.29, 0.717) is 39.3 Å². The number of amides is 1. The Bertz CT molecular complexity index is 1210. The van der Waals surface area contributed by atoms with Gasteiger partial charge in [-0.15, -0.1) is 11.3 Å². The van der Waals surface area contributed by atoms with Crippen LogP contribution in [0.1, 0.15) is 15.9 Å². The molecule has 0 saturated carbocycles. The van der Waals surface area contributed by atoms with Crippen LogP contribution in [0.5, 0.6) is 11.5 Å². The molecule has 1 N–H and O–H groups in total. The first-order valence-corrected chi connectivity index (χ1v) is 9.75. The SMILES string of the molecule is Cc1cccc(-c2noc(-c3sccc3NC(=O)c3ccc4c(c3)OCO4)n2)c1. The van der Waals surface area contributed by atoms with Crippen molar-refractivity contribution in [3.8, 4) is 33.7 Å². The second-order valence-corrected chi connectivity index (χ2v) is 7.39. The number of carbonyl (C=O) groups excluding carboxylic acids is 1. The van der Waals surface area contributed by atoms with Crippen molar-refractivity contribution in [2.45, 2.75) is 6.92 Å². The Hall–Kier alpha value is -3.65. The molecule has 8 heteroatoms. The van der Waals surface area contributed by atoms with Crippen LogP contribution < -0.4 is 14.8 Å². The second-order valence-electron chi connectivity index (χ2n) is 6.48. The normalized spacial score (nSPS) is 12.2. The number of thiophene rings is 1.